The number of aromatic hydroxyl groups is 1. The van der Waals surface area contributed by atoms with Crippen LogP contribution >= 0.6 is 0 Å². The van der Waals surface area contributed by atoms with Gasteiger partial charge < -0.3 is 14.9 Å². The van der Waals surface area contributed by atoms with Crippen molar-refractivity contribution >= 4 is 5.97 Å². The van der Waals surface area contributed by atoms with E-state index in [0.29, 0.717) is 6.42 Å². The van der Waals surface area contributed by atoms with Crippen LogP contribution in [0.25, 0.3) is 0 Å². The highest BCUT2D eigenvalue weighted by atomic mass is 16.5. The van der Waals surface area contributed by atoms with Gasteiger partial charge in [0.1, 0.15) is 5.75 Å². The Morgan fingerprint density at radius 3 is 2.82 bits per heavy atom. The standard InChI is InChI=1S/C13H16O4/c1-17-13(16)9-10-5-6-12(15)11(8-10)4-2-3-7-14/h2-3,5-6,8,14-15H,4,7,9H2,1H3/b3-2+. The van der Waals surface area contributed by atoms with E-state index in [1.165, 1.54) is 7.11 Å². The molecule has 0 saturated heterocycles. The molecule has 0 aliphatic rings. The average Bonchev–Trinajstić information content (AvgIpc) is 2.33. The van der Waals surface area contributed by atoms with Gasteiger partial charge >= 0.3 is 5.97 Å². The number of allylic oxidation sites excluding steroid dienone is 1. The Balaban J connectivity index is 2.79. The van der Waals surface area contributed by atoms with E-state index in [1.54, 1.807) is 30.4 Å². The molecule has 0 aliphatic carbocycles. The number of esters is 1. The highest BCUT2D eigenvalue weighted by Gasteiger charge is 2.06. The molecule has 0 unspecified atom stereocenters. The Kier molecular flexibility index (Phi) is 5.23. The lowest BCUT2D eigenvalue weighted by molar-refractivity contribution is -0.139. The summed E-state index contributed by atoms with van der Waals surface area (Å²) in [6, 6.07) is 5.00. The summed E-state index contributed by atoms with van der Waals surface area (Å²) in [6.07, 6.45) is 4.07. The first-order valence-corrected chi connectivity index (χ1v) is 5.30. The van der Waals surface area contributed by atoms with Crippen LogP contribution in [-0.2, 0) is 22.4 Å². The molecular weight excluding hydrogens is 220 g/mol. The molecule has 0 amide bonds. The molecule has 0 aliphatic heterocycles. The molecule has 0 aromatic heterocycles. The van der Waals surface area contributed by atoms with E-state index in [1.807, 2.05) is 0 Å². The molecule has 92 valence electrons. The van der Waals surface area contributed by atoms with Gasteiger partial charge in [0.25, 0.3) is 0 Å². The summed E-state index contributed by atoms with van der Waals surface area (Å²) < 4.78 is 4.57. The van der Waals surface area contributed by atoms with Gasteiger partial charge in [-0.05, 0) is 23.6 Å². The molecular formula is C13H16O4. The maximum absolute atomic E-state index is 11.1. The van der Waals surface area contributed by atoms with Crippen molar-refractivity contribution < 1.29 is 19.7 Å². The first kappa shape index (κ1) is 13.3. The monoisotopic (exact) mass is 236 g/mol. The zero-order chi connectivity index (χ0) is 12.7. The van der Waals surface area contributed by atoms with E-state index in [2.05, 4.69) is 4.74 Å². The molecule has 1 aromatic rings. The Morgan fingerprint density at radius 2 is 2.18 bits per heavy atom. The second-order valence-corrected chi connectivity index (χ2v) is 3.57. The van der Waals surface area contributed by atoms with E-state index in [9.17, 15) is 9.90 Å². The third-order valence-electron chi connectivity index (χ3n) is 2.33. The third kappa shape index (κ3) is 4.28. The van der Waals surface area contributed by atoms with Crippen LogP contribution in [0.1, 0.15) is 11.1 Å². The van der Waals surface area contributed by atoms with Crippen molar-refractivity contribution in [2.45, 2.75) is 12.8 Å². The lowest BCUT2D eigenvalue weighted by atomic mass is 10.0. The van der Waals surface area contributed by atoms with Crippen LogP contribution in [0.2, 0.25) is 0 Å². The highest BCUT2D eigenvalue weighted by Crippen LogP contribution is 2.20. The average molecular weight is 236 g/mol. The van der Waals surface area contributed by atoms with Crippen molar-refractivity contribution in [3.63, 3.8) is 0 Å². The Morgan fingerprint density at radius 1 is 1.41 bits per heavy atom. The lowest BCUT2D eigenvalue weighted by Gasteiger charge is -2.05. The van der Waals surface area contributed by atoms with Crippen molar-refractivity contribution in [3.8, 4) is 5.75 Å². The van der Waals surface area contributed by atoms with Crippen molar-refractivity contribution in [3.05, 3.63) is 41.5 Å². The van der Waals surface area contributed by atoms with Crippen molar-refractivity contribution in [1.29, 1.82) is 0 Å². The first-order chi connectivity index (χ1) is 8.17. The largest absolute Gasteiger partial charge is 0.508 e. The summed E-state index contributed by atoms with van der Waals surface area (Å²) in [7, 11) is 1.34. The minimum absolute atomic E-state index is 0.0252. The molecule has 0 radical (unpaired) electrons. The van der Waals surface area contributed by atoms with Gasteiger partial charge in [-0.1, -0.05) is 24.3 Å². The fourth-order valence-corrected chi connectivity index (χ4v) is 1.44. The van der Waals surface area contributed by atoms with E-state index in [4.69, 9.17) is 5.11 Å². The maximum atomic E-state index is 11.1. The van der Waals surface area contributed by atoms with E-state index in [0.717, 1.165) is 11.1 Å². The number of phenolic OH excluding ortho intramolecular Hbond substituents is 1. The molecule has 0 heterocycles. The van der Waals surface area contributed by atoms with Crippen LogP contribution in [0.15, 0.2) is 30.4 Å². The van der Waals surface area contributed by atoms with E-state index in [-0.39, 0.29) is 24.7 Å². The molecule has 1 rings (SSSR count). The Hall–Kier alpha value is -1.81. The fourth-order valence-electron chi connectivity index (χ4n) is 1.44. The number of carbonyl (C=O) groups excluding carboxylic acids is 1. The van der Waals surface area contributed by atoms with Crippen LogP contribution in [0.4, 0.5) is 0 Å². The quantitative estimate of drug-likeness (QED) is 0.595. The van der Waals surface area contributed by atoms with E-state index >= 15 is 0 Å². The number of benzene rings is 1. The first-order valence-electron chi connectivity index (χ1n) is 5.30. The lowest BCUT2D eigenvalue weighted by Crippen LogP contribution is -2.04. The predicted octanol–water partition coefficient (Wildman–Crippen LogP) is 1.20. The van der Waals surface area contributed by atoms with Gasteiger partial charge in [0.2, 0.25) is 0 Å². The molecule has 0 spiro atoms. The molecule has 0 fully saturated rings. The SMILES string of the molecule is COC(=O)Cc1ccc(O)c(C/C=C/CO)c1. The highest BCUT2D eigenvalue weighted by molar-refractivity contribution is 5.72. The molecule has 4 nitrogen and oxygen atoms in total. The van der Waals surface area contributed by atoms with Gasteiger partial charge in [-0.25, -0.2) is 0 Å². The Bertz CT molecular complexity index is 410. The number of carbonyl (C=O) groups is 1. The summed E-state index contributed by atoms with van der Waals surface area (Å²) in [5, 5.41) is 18.2. The van der Waals surface area contributed by atoms with Gasteiger partial charge in [0, 0.05) is 0 Å². The fraction of sp³-hybridized carbons (Fsp3) is 0.308. The topological polar surface area (TPSA) is 66.8 Å². The number of hydrogen-bond acceptors (Lipinski definition) is 4. The second-order valence-electron chi connectivity index (χ2n) is 3.57. The summed E-state index contributed by atoms with van der Waals surface area (Å²) in [4.78, 5) is 11.1. The van der Waals surface area contributed by atoms with Gasteiger partial charge in [-0.3, -0.25) is 4.79 Å². The minimum Gasteiger partial charge on any atom is -0.508 e. The molecule has 4 heteroatoms. The summed E-state index contributed by atoms with van der Waals surface area (Å²) in [5.74, 6) is -0.131. The number of aliphatic hydroxyl groups excluding tert-OH is 1. The number of methoxy groups -OCH3 is 1. The number of phenols is 1. The molecule has 1 aromatic carbocycles. The van der Waals surface area contributed by atoms with Crippen LogP contribution in [0, 0.1) is 0 Å². The maximum Gasteiger partial charge on any atom is 0.309 e. The third-order valence-corrected chi connectivity index (χ3v) is 2.33. The number of hydrogen-bond donors (Lipinski definition) is 2. The van der Waals surface area contributed by atoms with Gasteiger partial charge in [-0.2, -0.15) is 0 Å². The van der Waals surface area contributed by atoms with Gasteiger partial charge in [-0.15, -0.1) is 0 Å². The summed E-state index contributed by atoms with van der Waals surface area (Å²) in [6.45, 7) is -0.0252. The van der Waals surface area contributed by atoms with Crippen LogP contribution in [-0.4, -0.2) is 29.9 Å². The molecule has 0 saturated carbocycles. The molecule has 17 heavy (non-hydrogen) atoms. The van der Waals surface area contributed by atoms with Crippen molar-refractivity contribution in [2.24, 2.45) is 0 Å². The van der Waals surface area contributed by atoms with Crippen LogP contribution in [0.3, 0.4) is 0 Å². The Labute approximate surface area is 100 Å². The normalized spacial score (nSPS) is 10.7. The zero-order valence-electron chi connectivity index (χ0n) is 9.72. The summed E-state index contributed by atoms with van der Waals surface area (Å²) in [5.41, 5.74) is 1.51. The van der Waals surface area contributed by atoms with Crippen LogP contribution < -0.4 is 0 Å². The zero-order valence-corrected chi connectivity index (χ0v) is 9.72. The molecule has 0 bridgehead atoms. The smallest absolute Gasteiger partial charge is 0.309 e. The van der Waals surface area contributed by atoms with Crippen LogP contribution in [0.5, 0.6) is 5.75 Å². The molecule has 2 N–H and O–H groups in total. The molecule has 0 atom stereocenters. The van der Waals surface area contributed by atoms with Crippen molar-refractivity contribution in [1.82, 2.24) is 0 Å². The second kappa shape index (κ2) is 6.70. The number of ether oxygens (including phenoxy) is 1. The van der Waals surface area contributed by atoms with Crippen molar-refractivity contribution in [2.75, 3.05) is 13.7 Å². The van der Waals surface area contributed by atoms with E-state index < -0.39 is 0 Å². The number of aliphatic hydroxyl groups is 1. The van der Waals surface area contributed by atoms with Gasteiger partial charge in [0.05, 0.1) is 20.1 Å². The predicted molar refractivity (Wildman–Crippen MR) is 63.8 cm³/mol. The summed E-state index contributed by atoms with van der Waals surface area (Å²) >= 11 is 0. The number of rotatable bonds is 5. The minimum atomic E-state index is -0.312. The van der Waals surface area contributed by atoms with Gasteiger partial charge in [0.15, 0.2) is 0 Å².